The number of nitrogens with zero attached hydrogens (tertiary/aromatic N) is 4. The SMILES string of the molecule is CNC(C)Cc1noc(-c2cccc(-n3ccc(C(F)(F)F)n3)c2)n1. The van der Waals surface area contributed by atoms with Crippen LogP contribution in [0.15, 0.2) is 41.1 Å². The lowest BCUT2D eigenvalue weighted by Crippen LogP contribution is -2.24. The van der Waals surface area contributed by atoms with E-state index in [2.05, 4.69) is 20.6 Å². The summed E-state index contributed by atoms with van der Waals surface area (Å²) >= 11 is 0. The van der Waals surface area contributed by atoms with Crippen molar-refractivity contribution in [2.45, 2.75) is 25.6 Å². The number of hydrogen-bond donors (Lipinski definition) is 1. The van der Waals surface area contributed by atoms with Crippen molar-refractivity contribution in [1.82, 2.24) is 25.2 Å². The highest BCUT2D eigenvalue weighted by Crippen LogP contribution is 2.28. The van der Waals surface area contributed by atoms with Gasteiger partial charge < -0.3 is 9.84 Å². The summed E-state index contributed by atoms with van der Waals surface area (Å²) in [5.74, 6) is 0.865. The topological polar surface area (TPSA) is 68.8 Å². The quantitative estimate of drug-likeness (QED) is 0.765. The first-order chi connectivity index (χ1) is 11.9. The maximum atomic E-state index is 12.7. The smallest absolute Gasteiger partial charge is 0.334 e. The average Bonchev–Trinajstić information content (AvgIpc) is 3.24. The zero-order chi connectivity index (χ0) is 18.0. The van der Waals surface area contributed by atoms with Gasteiger partial charge in [-0.15, -0.1) is 0 Å². The molecule has 0 aliphatic carbocycles. The average molecular weight is 351 g/mol. The Bertz CT molecular complexity index is 855. The van der Waals surface area contributed by atoms with Crippen LogP contribution in [0.5, 0.6) is 0 Å². The van der Waals surface area contributed by atoms with Gasteiger partial charge in [-0.25, -0.2) is 4.68 Å². The van der Waals surface area contributed by atoms with Crippen LogP contribution in [0.25, 0.3) is 17.1 Å². The van der Waals surface area contributed by atoms with Gasteiger partial charge in [0.2, 0.25) is 0 Å². The van der Waals surface area contributed by atoms with E-state index < -0.39 is 11.9 Å². The molecule has 0 saturated carbocycles. The lowest BCUT2D eigenvalue weighted by molar-refractivity contribution is -0.141. The highest BCUT2D eigenvalue weighted by atomic mass is 19.4. The van der Waals surface area contributed by atoms with E-state index in [4.69, 9.17) is 4.52 Å². The Morgan fingerprint density at radius 1 is 1.28 bits per heavy atom. The van der Waals surface area contributed by atoms with E-state index in [1.54, 1.807) is 24.3 Å². The van der Waals surface area contributed by atoms with Crippen LogP contribution in [0.4, 0.5) is 13.2 Å². The molecule has 3 aromatic rings. The second kappa shape index (κ2) is 6.67. The summed E-state index contributed by atoms with van der Waals surface area (Å²) in [5, 5.41) is 10.6. The maximum Gasteiger partial charge on any atom is 0.435 e. The molecule has 0 amide bonds. The molecule has 3 rings (SSSR count). The normalized spacial score (nSPS) is 13.2. The van der Waals surface area contributed by atoms with Crippen LogP contribution in [0.3, 0.4) is 0 Å². The number of aromatic nitrogens is 4. The van der Waals surface area contributed by atoms with Crippen molar-refractivity contribution in [3.63, 3.8) is 0 Å². The third kappa shape index (κ3) is 3.87. The molecule has 132 valence electrons. The van der Waals surface area contributed by atoms with Crippen LogP contribution in [0.2, 0.25) is 0 Å². The van der Waals surface area contributed by atoms with E-state index in [9.17, 15) is 13.2 Å². The molecule has 25 heavy (non-hydrogen) atoms. The first-order valence-corrected chi connectivity index (χ1v) is 7.60. The van der Waals surface area contributed by atoms with Crippen molar-refractivity contribution in [2.75, 3.05) is 7.05 Å². The first-order valence-electron chi connectivity index (χ1n) is 7.60. The molecule has 1 unspecified atom stereocenters. The second-order valence-corrected chi connectivity index (χ2v) is 5.60. The van der Waals surface area contributed by atoms with Gasteiger partial charge in [-0.1, -0.05) is 11.2 Å². The lowest BCUT2D eigenvalue weighted by atomic mass is 10.2. The molecule has 2 aromatic heterocycles. The van der Waals surface area contributed by atoms with Crippen LogP contribution < -0.4 is 5.32 Å². The predicted octanol–water partition coefficient (Wildman–Crippen LogP) is 3.09. The lowest BCUT2D eigenvalue weighted by Gasteiger charge is -2.05. The molecular formula is C16H16F3N5O. The molecule has 0 bridgehead atoms. The van der Waals surface area contributed by atoms with E-state index in [0.29, 0.717) is 29.4 Å². The minimum Gasteiger partial charge on any atom is -0.334 e. The Hall–Kier alpha value is -2.68. The maximum absolute atomic E-state index is 12.7. The van der Waals surface area contributed by atoms with Gasteiger partial charge in [0, 0.05) is 24.2 Å². The van der Waals surface area contributed by atoms with E-state index in [1.807, 2.05) is 14.0 Å². The molecular weight excluding hydrogens is 335 g/mol. The van der Waals surface area contributed by atoms with Gasteiger partial charge in [0.25, 0.3) is 5.89 Å². The first kappa shape index (κ1) is 17.2. The molecule has 0 radical (unpaired) electrons. The van der Waals surface area contributed by atoms with E-state index in [-0.39, 0.29) is 6.04 Å². The Morgan fingerprint density at radius 3 is 2.76 bits per heavy atom. The van der Waals surface area contributed by atoms with Crippen LogP contribution >= 0.6 is 0 Å². The number of nitrogens with one attached hydrogen (secondary N) is 1. The molecule has 9 heteroatoms. The van der Waals surface area contributed by atoms with Gasteiger partial charge >= 0.3 is 6.18 Å². The third-order valence-corrected chi connectivity index (χ3v) is 3.69. The number of alkyl halides is 3. The van der Waals surface area contributed by atoms with Crippen molar-refractivity contribution >= 4 is 0 Å². The van der Waals surface area contributed by atoms with E-state index in [0.717, 1.165) is 10.7 Å². The molecule has 1 atom stereocenters. The minimum atomic E-state index is -4.48. The largest absolute Gasteiger partial charge is 0.435 e. The Morgan fingerprint density at radius 2 is 2.08 bits per heavy atom. The number of hydrogen-bond acceptors (Lipinski definition) is 5. The van der Waals surface area contributed by atoms with Crippen molar-refractivity contribution in [3.8, 4) is 17.1 Å². The van der Waals surface area contributed by atoms with Gasteiger partial charge in [0.05, 0.1) is 5.69 Å². The Balaban J connectivity index is 1.86. The fraction of sp³-hybridized carbons (Fsp3) is 0.312. The summed E-state index contributed by atoms with van der Waals surface area (Å²) in [5.41, 5.74) is 0.132. The van der Waals surface area contributed by atoms with E-state index >= 15 is 0 Å². The molecule has 0 aliphatic rings. The molecule has 0 aliphatic heterocycles. The van der Waals surface area contributed by atoms with Gasteiger partial charge in [-0.05, 0) is 38.2 Å². The summed E-state index contributed by atoms with van der Waals surface area (Å²) in [6.07, 6.45) is -2.61. The fourth-order valence-electron chi connectivity index (χ4n) is 2.23. The number of benzene rings is 1. The molecule has 1 N–H and O–H groups in total. The Kier molecular flexibility index (Phi) is 4.58. The van der Waals surface area contributed by atoms with Crippen LogP contribution in [-0.2, 0) is 12.6 Å². The van der Waals surface area contributed by atoms with Crippen LogP contribution in [0, 0.1) is 0 Å². The molecule has 2 heterocycles. The zero-order valence-corrected chi connectivity index (χ0v) is 13.6. The highest BCUT2D eigenvalue weighted by molar-refractivity contribution is 5.57. The minimum absolute atomic E-state index is 0.196. The van der Waals surface area contributed by atoms with Crippen molar-refractivity contribution in [2.24, 2.45) is 0 Å². The van der Waals surface area contributed by atoms with Crippen LogP contribution in [-0.4, -0.2) is 33.0 Å². The van der Waals surface area contributed by atoms with Crippen molar-refractivity contribution in [1.29, 1.82) is 0 Å². The van der Waals surface area contributed by atoms with Gasteiger partial charge in [0.15, 0.2) is 11.5 Å². The highest BCUT2D eigenvalue weighted by Gasteiger charge is 2.33. The van der Waals surface area contributed by atoms with Crippen molar-refractivity contribution in [3.05, 3.63) is 48.0 Å². The summed E-state index contributed by atoms with van der Waals surface area (Å²) < 4.78 is 44.5. The van der Waals surface area contributed by atoms with Gasteiger partial charge in [-0.3, -0.25) is 0 Å². The molecule has 6 nitrogen and oxygen atoms in total. The Labute approximate surface area is 141 Å². The molecule has 0 spiro atoms. The zero-order valence-electron chi connectivity index (χ0n) is 13.6. The molecule has 1 aromatic carbocycles. The summed E-state index contributed by atoms with van der Waals surface area (Å²) in [6.45, 7) is 1.99. The van der Waals surface area contributed by atoms with Crippen LogP contribution in [0.1, 0.15) is 18.4 Å². The monoisotopic (exact) mass is 351 g/mol. The molecule has 0 saturated heterocycles. The molecule has 0 fully saturated rings. The third-order valence-electron chi connectivity index (χ3n) is 3.69. The number of rotatable bonds is 5. The number of likely N-dealkylation sites (N-methyl/N-ethyl adjacent to an activating group) is 1. The number of halogens is 3. The van der Waals surface area contributed by atoms with E-state index in [1.165, 1.54) is 6.20 Å². The standard InChI is InChI=1S/C16H16F3N5O/c1-10(20-2)8-14-21-15(25-23-14)11-4-3-5-12(9-11)24-7-6-13(22-24)16(17,18)19/h3-7,9-10,20H,8H2,1-2H3. The van der Waals surface area contributed by atoms with Gasteiger partial charge in [0.1, 0.15) is 0 Å². The summed E-state index contributed by atoms with van der Waals surface area (Å²) in [6, 6.07) is 7.86. The second-order valence-electron chi connectivity index (χ2n) is 5.60. The predicted molar refractivity (Wildman–Crippen MR) is 84.1 cm³/mol. The summed E-state index contributed by atoms with van der Waals surface area (Å²) in [7, 11) is 1.84. The summed E-state index contributed by atoms with van der Waals surface area (Å²) in [4.78, 5) is 4.32. The van der Waals surface area contributed by atoms with Gasteiger partial charge in [-0.2, -0.15) is 23.3 Å². The fourth-order valence-corrected chi connectivity index (χ4v) is 2.23. The van der Waals surface area contributed by atoms with Crippen molar-refractivity contribution < 1.29 is 17.7 Å².